The molecule has 2 rings (SSSR count). The lowest BCUT2D eigenvalue weighted by Gasteiger charge is -2.22. The standard InChI is InChI=1S/C22H29NO3/c1-7-21(26-19-10-8-18(25-6)9-11-19)22(24)23-17(5)20-13-15(3)14(2)12-16(20)4/h8-13,17,21H,7H2,1-6H3,(H,23,24). The average molecular weight is 355 g/mol. The molecule has 4 heteroatoms. The van der Waals surface area contributed by atoms with E-state index in [9.17, 15) is 4.79 Å². The fourth-order valence-corrected chi connectivity index (χ4v) is 2.97. The van der Waals surface area contributed by atoms with E-state index in [2.05, 4.69) is 38.2 Å². The van der Waals surface area contributed by atoms with E-state index in [1.165, 1.54) is 16.7 Å². The van der Waals surface area contributed by atoms with Crippen molar-refractivity contribution in [2.24, 2.45) is 0 Å². The van der Waals surface area contributed by atoms with Gasteiger partial charge in [0, 0.05) is 0 Å². The molecule has 0 saturated heterocycles. The van der Waals surface area contributed by atoms with Crippen LogP contribution in [0, 0.1) is 20.8 Å². The number of hydrogen-bond acceptors (Lipinski definition) is 3. The Balaban J connectivity index is 2.07. The van der Waals surface area contributed by atoms with Gasteiger partial charge in [-0.25, -0.2) is 0 Å². The van der Waals surface area contributed by atoms with Crippen molar-refractivity contribution in [1.82, 2.24) is 5.32 Å². The van der Waals surface area contributed by atoms with Crippen LogP contribution in [0.5, 0.6) is 11.5 Å². The molecule has 0 saturated carbocycles. The van der Waals surface area contributed by atoms with Crippen molar-refractivity contribution in [2.45, 2.75) is 53.2 Å². The number of amides is 1. The molecule has 0 aliphatic heterocycles. The van der Waals surface area contributed by atoms with Gasteiger partial charge in [-0.05, 0) is 80.6 Å². The number of nitrogens with one attached hydrogen (secondary N) is 1. The third kappa shape index (κ3) is 4.78. The van der Waals surface area contributed by atoms with Gasteiger partial charge in [-0.15, -0.1) is 0 Å². The highest BCUT2D eigenvalue weighted by atomic mass is 16.5. The summed E-state index contributed by atoms with van der Waals surface area (Å²) in [6.07, 6.45) is 0.0638. The van der Waals surface area contributed by atoms with Crippen LogP contribution < -0.4 is 14.8 Å². The van der Waals surface area contributed by atoms with Crippen LogP contribution >= 0.6 is 0 Å². The fourth-order valence-electron chi connectivity index (χ4n) is 2.97. The van der Waals surface area contributed by atoms with E-state index in [1.807, 2.05) is 38.1 Å². The van der Waals surface area contributed by atoms with Crippen LogP contribution in [0.25, 0.3) is 0 Å². The molecule has 140 valence electrons. The molecule has 0 aliphatic carbocycles. The largest absolute Gasteiger partial charge is 0.497 e. The molecule has 0 radical (unpaired) electrons. The topological polar surface area (TPSA) is 47.6 Å². The lowest BCUT2D eigenvalue weighted by atomic mass is 9.96. The Morgan fingerprint density at radius 2 is 1.58 bits per heavy atom. The van der Waals surface area contributed by atoms with Crippen molar-refractivity contribution >= 4 is 5.91 Å². The maximum Gasteiger partial charge on any atom is 0.261 e. The molecule has 2 aromatic carbocycles. The predicted molar refractivity (Wildman–Crippen MR) is 105 cm³/mol. The highest BCUT2D eigenvalue weighted by Crippen LogP contribution is 2.23. The zero-order valence-electron chi connectivity index (χ0n) is 16.6. The number of aryl methyl sites for hydroxylation is 3. The van der Waals surface area contributed by atoms with Crippen LogP contribution in [0.2, 0.25) is 0 Å². The van der Waals surface area contributed by atoms with E-state index in [0.717, 1.165) is 11.3 Å². The Labute approximate surface area is 156 Å². The number of benzene rings is 2. The molecule has 0 aromatic heterocycles. The minimum atomic E-state index is -0.530. The van der Waals surface area contributed by atoms with Gasteiger partial charge in [0.05, 0.1) is 13.2 Å². The first-order chi connectivity index (χ1) is 12.3. The van der Waals surface area contributed by atoms with Crippen LogP contribution in [0.3, 0.4) is 0 Å². The Morgan fingerprint density at radius 3 is 2.15 bits per heavy atom. The van der Waals surface area contributed by atoms with Gasteiger partial charge in [-0.3, -0.25) is 4.79 Å². The van der Waals surface area contributed by atoms with Gasteiger partial charge in [-0.2, -0.15) is 0 Å². The number of methoxy groups -OCH3 is 1. The van der Waals surface area contributed by atoms with E-state index in [1.54, 1.807) is 7.11 Å². The molecule has 0 bridgehead atoms. The summed E-state index contributed by atoms with van der Waals surface area (Å²) in [5.41, 5.74) is 4.82. The highest BCUT2D eigenvalue weighted by molar-refractivity contribution is 5.81. The minimum Gasteiger partial charge on any atom is -0.497 e. The molecule has 2 atom stereocenters. The van der Waals surface area contributed by atoms with E-state index in [-0.39, 0.29) is 11.9 Å². The van der Waals surface area contributed by atoms with Crippen molar-refractivity contribution in [3.8, 4) is 11.5 Å². The van der Waals surface area contributed by atoms with Crippen molar-refractivity contribution in [2.75, 3.05) is 7.11 Å². The van der Waals surface area contributed by atoms with Gasteiger partial charge >= 0.3 is 0 Å². The second kappa shape index (κ2) is 8.75. The van der Waals surface area contributed by atoms with Gasteiger partial charge in [0.15, 0.2) is 6.10 Å². The molecule has 26 heavy (non-hydrogen) atoms. The second-order valence-corrected chi connectivity index (χ2v) is 6.71. The summed E-state index contributed by atoms with van der Waals surface area (Å²) >= 11 is 0. The second-order valence-electron chi connectivity index (χ2n) is 6.71. The third-order valence-electron chi connectivity index (χ3n) is 4.71. The summed E-state index contributed by atoms with van der Waals surface area (Å²) in [6.45, 7) is 10.2. The minimum absolute atomic E-state index is 0.0738. The highest BCUT2D eigenvalue weighted by Gasteiger charge is 2.21. The summed E-state index contributed by atoms with van der Waals surface area (Å²) in [5.74, 6) is 1.31. The van der Waals surface area contributed by atoms with Gasteiger partial charge in [0.1, 0.15) is 11.5 Å². The normalized spacial score (nSPS) is 13.0. The number of rotatable bonds is 7. The zero-order chi connectivity index (χ0) is 19.3. The monoisotopic (exact) mass is 355 g/mol. The molecule has 0 heterocycles. The molecule has 0 aliphatic rings. The first-order valence-corrected chi connectivity index (χ1v) is 9.04. The maximum atomic E-state index is 12.7. The summed E-state index contributed by atoms with van der Waals surface area (Å²) in [6, 6.07) is 11.5. The molecule has 1 N–H and O–H groups in total. The molecular formula is C22H29NO3. The molecule has 0 spiro atoms. The summed E-state index contributed by atoms with van der Waals surface area (Å²) in [5, 5.41) is 3.09. The summed E-state index contributed by atoms with van der Waals surface area (Å²) < 4.78 is 11.0. The average Bonchev–Trinajstić information content (AvgIpc) is 2.62. The lowest BCUT2D eigenvalue weighted by molar-refractivity contribution is -0.128. The lowest BCUT2D eigenvalue weighted by Crippen LogP contribution is -2.39. The molecule has 1 amide bonds. The van der Waals surface area contributed by atoms with E-state index in [0.29, 0.717) is 12.2 Å². The van der Waals surface area contributed by atoms with E-state index in [4.69, 9.17) is 9.47 Å². The predicted octanol–water partition coefficient (Wildman–Crippen LogP) is 4.66. The van der Waals surface area contributed by atoms with Crippen molar-refractivity contribution in [1.29, 1.82) is 0 Å². The van der Waals surface area contributed by atoms with Gasteiger partial charge in [0.25, 0.3) is 5.91 Å². The quantitative estimate of drug-likeness (QED) is 0.786. The first kappa shape index (κ1) is 19.8. The van der Waals surface area contributed by atoms with Crippen LogP contribution in [0.4, 0.5) is 0 Å². The van der Waals surface area contributed by atoms with Crippen LogP contribution in [0.15, 0.2) is 36.4 Å². The van der Waals surface area contributed by atoms with Crippen LogP contribution in [-0.2, 0) is 4.79 Å². The molecule has 2 aromatic rings. The fraction of sp³-hybridized carbons (Fsp3) is 0.409. The first-order valence-electron chi connectivity index (χ1n) is 9.04. The summed E-state index contributed by atoms with van der Waals surface area (Å²) in [4.78, 5) is 12.7. The van der Waals surface area contributed by atoms with E-state index < -0.39 is 6.10 Å². The molecule has 4 nitrogen and oxygen atoms in total. The van der Waals surface area contributed by atoms with Crippen molar-refractivity contribution in [3.05, 3.63) is 58.7 Å². The number of carbonyl (C=O) groups is 1. The molecule has 0 fully saturated rings. The number of carbonyl (C=O) groups excluding carboxylic acids is 1. The van der Waals surface area contributed by atoms with Gasteiger partial charge in [-0.1, -0.05) is 19.1 Å². The summed E-state index contributed by atoms with van der Waals surface area (Å²) in [7, 11) is 1.62. The van der Waals surface area contributed by atoms with Gasteiger partial charge in [0.2, 0.25) is 0 Å². The third-order valence-corrected chi connectivity index (χ3v) is 4.71. The number of ether oxygens (including phenoxy) is 2. The molecular weight excluding hydrogens is 326 g/mol. The van der Waals surface area contributed by atoms with E-state index >= 15 is 0 Å². The Morgan fingerprint density at radius 1 is 1.00 bits per heavy atom. The number of hydrogen-bond donors (Lipinski definition) is 1. The van der Waals surface area contributed by atoms with Gasteiger partial charge < -0.3 is 14.8 Å². The van der Waals surface area contributed by atoms with Crippen LogP contribution in [0.1, 0.15) is 48.6 Å². The van der Waals surface area contributed by atoms with Crippen molar-refractivity contribution in [3.63, 3.8) is 0 Å². The Bertz CT molecular complexity index is 753. The Hall–Kier alpha value is -2.49. The zero-order valence-corrected chi connectivity index (χ0v) is 16.6. The smallest absolute Gasteiger partial charge is 0.261 e. The van der Waals surface area contributed by atoms with Crippen molar-refractivity contribution < 1.29 is 14.3 Å². The SMILES string of the molecule is CCC(Oc1ccc(OC)cc1)C(=O)NC(C)c1cc(C)c(C)cc1C. The maximum absolute atomic E-state index is 12.7. The Kier molecular flexibility index (Phi) is 6.67. The molecule has 2 unspecified atom stereocenters. The van der Waals surface area contributed by atoms with Crippen LogP contribution in [-0.4, -0.2) is 19.1 Å².